The minimum atomic E-state index is -2.42. The molecule has 149 heavy (non-hydrogen) atoms. The number of rotatable bonds is 37. The van der Waals surface area contributed by atoms with Crippen LogP contribution in [0.2, 0.25) is 40.2 Å². The van der Waals surface area contributed by atoms with Gasteiger partial charge in [-0.05, 0) is 91.3 Å². The molecule has 0 bridgehead atoms. The minimum Gasteiger partial charge on any atom is -0.493 e. The maximum atomic E-state index is 13.5. The molecule has 0 aliphatic carbocycles. The van der Waals surface area contributed by atoms with Crippen molar-refractivity contribution in [2.24, 2.45) is 0 Å². The van der Waals surface area contributed by atoms with Crippen molar-refractivity contribution in [2.45, 2.75) is 58.9 Å². The zero-order chi connectivity index (χ0) is 109. The maximum absolute atomic E-state index is 13.5. The Morgan fingerprint density at radius 1 is 0.336 bits per heavy atom. The third kappa shape index (κ3) is 34.3. The molecule has 0 saturated carbocycles. The molecule has 0 radical (unpaired) electrons. The lowest BCUT2D eigenvalue weighted by Crippen LogP contribution is -2.41. The number of hydrogen-bond donors (Lipinski definition) is 10. The van der Waals surface area contributed by atoms with E-state index in [1.165, 1.54) is 106 Å². The number of hydrogen-bond acceptors (Lipinski definition) is 33. The van der Waals surface area contributed by atoms with Gasteiger partial charge in [-0.1, -0.05) is 92.8 Å². The van der Waals surface area contributed by atoms with E-state index >= 15 is 0 Å². The molecular formula is C92H68Cl8F4N12O33. The number of carbonyl (C=O) groups excluding carboxylic acids is 8. The zero-order valence-corrected chi connectivity index (χ0v) is 81.7. The van der Waals surface area contributed by atoms with Crippen molar-refractivity contribution in [3.63, 3.8) is 0 Å². The molecule has 0 aliphatic rings. The van der Waals surface area contributed by atoms with E-state index in [0.717, 1.165) is 99.5 Å². The van der Waals surface area contributed by atoms with Crippen molar-refractivity contribution in [3.05, 3.63) is 327 Å². The van der Waals surface area contributed by atoms with Gasteiger partial charge in [-0.2, -0.15) is 39.1 Å². The van der Waals surface area contributed by atoms with Crippen LogP contribution in [0.5, 0.6) is 63.2 Å². The van der Waals surface area contributed by atoms with E-state index in [-0.39, 0.29) is 155 Å². The summed E-state index contributed by atoms with van der Waals surface area (Å²) in [4.78, 5) is 189. The number of nitrogens with one attached hydrogen (secondary N) is 4. The largest absolute Gasteiger partial charge is 0.493 e. The number of carboxylic acid groups (broad SMARTS) is 4. The van der Waals surface area contributed by atoms with Crippen molar-refractivity contribution in [2.75, 3.05) is 42.6 Å². The lowest BCUT2D eigenvalue weighted by atomic mass is 10.1. The van der Waals surface area contributed by atoms with Crippen molar-refractivity contribution in [1.82, 2.24) is 39.1 Å². The summed E-state index contributed by atoms with van der Waals surface area (Å²) in [6.45, 7) is -0.963. The van der Waals surface area contributed by atoms with Gasteiger partial charge in [0.05, 0.1) is 144 Å². The van der Waals surface area contributed by atoms with Crippen LogP contribution in [0.4, 0.5) is 40.3 Å². The first-order valence-electron chi connectivity index (χ1n) is 40.9. The Morgan fingerprint density at radius 2 is 0.604 bits per heavy atom. The molecule has 8 aromatic carbocycles. The highest BCUT2D eigenvalue weighted by Gasteiger charge is 2.33. The number of aryl methyl sites for hydroxylation is 1. The Bertz CT molecular complexity index is 7310. The van der Waals surface area contributed by atoms with E-state index in [0.29, 0.717) is 34.5 Å². The summed E-state index contributed by atoms with van der Waals surface area (Å²) in [5, 5.41) is 78.2. The number of benzene rings is 8. The second-order valence-corrected chi connectivity index (χ2v) is 32.0. The summed E-state index contributed by atoms with van der Waals surface area (Å²) in [5.41, 5.74) is -3.01. The predicted octanol–water partition coefficient (Wildman–Crippen LogP) is 14.2. The summed E-state index contributed by atoms with van der Waals surface area (Å²) in [6, 6.07) is 28.4. The van der Waals surface area contributed by atoms with E-state index in [1.807, 2.05) is 0 Å². The first-order valence-corrected chi connectivity index (χ1v) is 43.9. The number of halogens is 12. The number of aliphatic hydroxyl groups excluding tert-OH is 2. The normalized spacial score (nSPS) is 11.1. The number of esters is 4. The number of nitrogens with zero attached hydrogens (tertiary/aromatic N) is 8. The first kappa shape index (κ1) is 116. The summed E-state index contributed by atoms with van der Waals surface area (Å²) in [6.07, 6.45) is 1.28. The summed E-state index contributed by atoms with van der Waals surface area (Å²) in [7, 11) is 3.94. The number of carbonyl (C=O) groups is 12. The fourth-order valence-electron chi connectivity index (χ4n) is 11.2. The van der Waals surface area contributed by atoms with Crippen LogP contribution in [0.1, 0.15) is 59.8 Å². The van der Waals surface area contributed by atoms with Gasteiger partial charge in [0, 0.05) is 91.0 Å². The molecule has 57 heteroatoms. The molecule has 45 nitrogen and oxygen atoms in total. The number of anilines is 4. The second-order valence-electron chi connectivity index (χ2n) is 28.8. The minimum absolute atomic E-state index is 0.000149. The van der Waals surface area contributed by atoms with Crippen molar-refractivity contribution < 1.29 is 158 Å². The molecule has 2 atom stereocenters. The number of aliphatic hydroxyl groups is 2. The highest BCUT2D eigenvalue weighted by atomic mass is 35.5. The molecule has 4 heterocycles. The van der Waals surface area contributed by atoms with Gasteiger partial charge in [-0.3, -0.25) is 47.9 Å². The Morgan fingerprint density at radius 3 is 0.872 bits per heavy atom. The van der Waals surface area contributed by atoms with Gasteiger partial charge in [0.2, 0.25) is 0 Å². The summed E-state index contributed by atoms with van der Waals surface area (Å²) < 4.78 is 114. The van der Waals surface area contributed by atoms with E-state index in [4.69, 9.17) is 161 Å². The highest BCUT2D eigenvalue weighted by molar-refractivity contribution is 6.44. The topological polar surface area (TPSA) is 615 Å². The van der Waals surface area contributed by atoms with E-state index in [9.17, 15) is 104 Å². The van der Waals surface area contributed by atoms with Gasteiger partial charge in [0.25, 0.3) is 45.9 Å². The van der Waals surface area contributed by atoms with Gasteiger partial charge < -0.3 is 104 Å². The summed E-state index contributed by atoms with van der Waals surface area (Å²) in [5.74, 6) is -14.6. The predicted molar refractivity (Wildman–Crippen MR) is 516 cm³/mol. The smallest absolute Gasteiger partial charge is 0.340 e. The lowest BCUT2D eigenvalue weighted by molar-refractivity contribution is -0.172. The molecule has 778 valence electrons. The molecule has 4 amide bonds. The third-order valence-corrected chi connectivity index (χ3v) is 21.3. The number of carboxylic acids is 4. The van der Waals surface area contributed by atoms with Crippen LogP contribution in [0, 0.1) is 30.2 Å². The number of aromatic nitrogens is 8. The van der Waals surface area contributed by atoms with Crippen LogP contribution in [0.15, 0.2) is 214 Å². The van der Waals surface area contributed by atoms with Crippen molar-refractivity contribution in [3.8, 4) is 63.2 Å². The molecule has 2 unspecified atom stereocenters. The number of ether oxygens (including phenoxy) is 11. The average Bonchev–Trinajstić information content (AvgIpc) is 0.811. The SMILES string of the molecule is COc1cc(F)ccc1Oc1cc(Cl)c(Cl)cc1C(=O)Nc1cnn(COC(=O)/C=C/C(=O)O)c(=O)c1.COc1cc(F)ccc1Oc1cc(Cl)c(Cl)cc1C(=O)Nc1cnn(COC(=O)/C=C\C(=O)O)c(=O)c1.COc1cc(F)ccc1Oc1cc(Cl)c(Cl)cc1C(=O)Nc1cnn(COC(=O)CCC(=O)O)c(=O)c1.Cc1cc(F)ccc1Oc1cc(Cl)c(Cl)cc1C(=O)Nc1cnn(COC(=O)C(O)C(O)C(=O)O)c(=O)c1. The standard InChI is InChI=1S/C23H18Cl2FN3O9.C23H18Cl2FN3O8.2C23H16Cl2FN3O8/c1-10-4-11(26)2-3-16(10)38-17-7-15(25)14(24)6-13(17)21(33)28-12-5-18(30)29(27-8-12)9-37-23(36)20(32)19(31)22(34)35;3*1-35-19-6-12(26)2-3-17(19)37-18-9-16(25)15(24)8-14(18)23(34)28-13-7-20(30)29(27-10-13)11-36-22(33)5-4-21(31)32/h2-8,19-20,31-32H,9H2,1H3,(H,28,33)(H,34,35);2-3,6-10H,4-5,11H2,1H3,(H,28,34)(H,31,32);2*2-10H,11H2,1H3,(H,28,34)(H,31,32)/b;;5-4+;5-4-. The molecule has 0 saturated heterocycles. The zero-order valence-electron chi connectivity index (χ0n) is 75.7. The van der Waals surface area contributed by atoms with Gasteiger partial charge >= 0.3 is 47.8 Å². The fourth-order valence-corrected chi connectivity index (χ4v) is 12.5. The van der Waals surface area contributed by atoms with Crippen LogP contribution in [-0.4, -0.2) is 175 Å². The van der Waals surface area contributed by atoms with Crippen LogP contribution in [0.3, 0.4) is 0 Å². The monoisotopic (exact) mass is 2220 g/mol. The molecule has 12 aromatic rings. The number of aliphatic carboxylic acids is 4. The van der Waals surface area contributed by atoms with Gasteiger partial charge in [-0.15, -0.1) is 0 Å². The molecule has 0 spiro atoms. The first-order chi connectivity index (χ1) is 70.6. The van der Waals surface area contributed by atoms with Crippen molar-refractivity contribution >= 4 is 187 Å². The van der Waals surface area contributed by atoms with E-state index < -0.39 is 162 Å². The maximum Gasteiger partial charge on any atom is 0.340 e. The Hall–Kier alpha value is -17.0. The molecule has 4 aromatic heterocycles. The average molecular weight is 2230 g/mol. The quantitative estimate of drug-likeness (QED) is 0.00748. The highest BCUT2D eigenvalue weighted by Crippen LogP contribution is 2.43. The van der Waals surface area contributed by atoms with Crippen LogP contribution in [0.25, 0.3) is 0 Å². The third-order valence-electron chi connectivity index (χ3n) is 18.4. The van der Waals surface area contributed by atoms with E-state index in [1.54, 1.807) is 6.92 Å². The Labute approximate surface area is 870 Å². The lowest BCUT2D eigenvalue weighted by Gasteiger charge is -2.15. The van der Waals surface area contributed by atoms with E-state index in [2.05, 4.69) is 46.4 Å². The van der Waals surface area contributed by atoms with Gasteiger partial charge in [0.1, 0.15) is 52.0 Å². The van der Waals surface area contributed by atoms with Crippen LogP contribution >= 0.6 is 92.8 Å². The van der Waals surface area contributed by atoms with Crippen LogP contribution in [-0.2, 0) is 84.2 Å². The van der Waals surface area contributed by atoms with Gasteiger partial charge in [0.15, 0.2) is 73.6 Å². The second kappa shape index (κ2) is 54.2. The molecular weight excluding hydrogens is 2160 g/mol. The molecule has 0 aliphatic heterocycles. The molecule has 10 N–H and O–H groups in total. The van der Waals surface area contributed by atoms with Crippen molar-refractivity contribution in [1.29, 1.82) is 0 Å². The van der Waals surface area contributed by atoms with Crippen LogP contribution < -0.4 is 76.7 Å². The Kier molecular flexibility index (Phi) is 42.0. The molecule has 0 fully saturated rings. The molecule has 12 rings (SSSR count). The number of methoxy groups -OCH3 is 3. The Balaban J connectivity index is 0.000000221. The number of amides is 4. The summed E-state index contributed by atoms with van der Waals surface area (Å²) >= 11 is 48.6. The van der Waals surface area contributed by atoms with Gasteiger partial charge in [-0.25, -0.2) is 46.3 Å². The fraction of sp³-hybridized carbons (Fsp3) is 0.130.